The Bertz CT molecular complexity index is 413. The van der Waals surface area contributed by atoms with Crippen molar-refractivity contribution >= 4 is 5.57 Å². The number of benzene rings is 1. The molecule has 85 valence electrons. The summed E-state index contributed by atoms with van der Waals surface area (Å²) in [6.45, 7) is 8.85. The summed E-state index contributed by atoms with van der Waals surface area (Å²) in [6, 6.07) is 8.01. The van der Waals surface area contributed by atoms with Gasteiger partial charge in [-0.15, -0.1) is 0 Å². The SMILES string of the molecule is [CH2]C1=C(c2ccc(OC)cc2)COC1(C)C. The van der Waals surface area contributed by atoms with Crippen LogP contribution in [-0.2, 0) is 4.74 Å². The van der Waals surface area contributed by atoms with Gasteiger partial charge in [-0.05, 0) is 49.6 Å². The van der Waals surface area contributed by atoms with Gasteiger partial charge >= 0.3 is 0 Å². The first-order chi connectivity index (χ1) is 7.54. The van der Waals surface area contributed by atoms with Crippen LogP contribution in [0.5, 0.6) is 5.75 Å². The van der Waals surface area contributed by atoms with Crippen molar-refractivity contribution in [2.75, 3.05) is 13.7 Å². The van der Waals surface area contributed by atoms with Crippen LogP contribution in [-0.4, -0.2) is 19.3 Å². The number of ether oxygens (including phenoxy) is 2. The summed E-state index contributed by atoms with van der Waals surface area (Å²) in [5.41, 5.74) is 3.18. The lowest BCUT2D eigenvalue weighted by Gasteiger charge is -2.18. The van der Waals surface area contributed by atoms with E-state index < -0.39 is 0 Å². The Balaban J connectivity index is 2.35. The van der Waals surface area contributed by atoms with E-state index in [1.807, 2.05) is 38.1 Å². The highest BCUT2D eigenvalue weighted by Crippen LogP contribution is 2.36. The van der Waals surface area contributed by atoms with Crippen LogP contribution in [0.2, 0.25) is 0 Å². The summed E-state index contributed by atoms with van der Waals surface area (Å²) in [4.78, 5) is 0. The molecule has 0 fully saturated rings. The molecule has 0 amide bonds. The van der Waals surface area contributed by atoms with Gasteiger partial charge in [0.1, 0.15) is 5.75 Å². The van der Waals surface area contributed by atoms with E-state index in [-0.39, 0.29) is 5.60 Å². The first-order valence-electron chi connectivity index (χ1n) is 5.38. The maximum absolute atomic E-state index is 5.71. The van der Waals surface area contributed by atoms with E-state index >= 15 is 0 Å². The smallest absolute Gasteiger partial charge is 0.118 e. The van der Waals surface area contributed by atoms with Gasteiger partial charge in [0.15, 0.2) is 0 Å². The Kier molecular flexibility index (Phi) is 2.76. The fourth-order valence-corrected chi connectivity index (χ4v) is 1.84. The van der Waals surface area contributed by atoms with E-state index in [1.54, 1.807) is 7.11 Å². The minimum Gasteiger partial charge on any atom is -0.497 e. The van der Waals surface area contributed by atoms with Crippen LogP contribution in [0.3, 0.4) is 0 Å². The molecule has 1 heterocycles. The molecular formula is C14H17O2. The molecule has 1 aliphatic rings. The zero-order valence-electron chi connectivity index (χ0n) is 10.0. The highest BCUT2D eigenvalue weighted by Gasteiger charge is 2.30. The second kappa shape index (κ2) is 3.95. The van der Waals surface area contributed by atoms with Crippen molar-refractivity contribution in [2.45, 2.75) is 19.4 Å². The Labute approximate surface area is 96.9 Å². The van der Waals surface area contributed by atoms with Gasteiger partial charge in [0, 0.05) is 0 Å². The maximum atomic E-state index is 5.71. The van der Waals surface area contributed by atoms with Crippen molar-refractivity contribution in [3.05, 3.63) is 42.3 Å². The molecule has 16 heavy (non-hydrogen) atoms. The number of methoxy groups -OCH3 is 1. The van der Waals surface area contributed by atoms with Crippen molar-refractivity contribution in [3.63, 3.8) is 0 Å². The zero-order valence-corrected chi connectivity index (χ0v) is 10.0. The van der Waals surface area contributed by atoms with Gasteiger partial charge in [-0.25, -0.2) is 0 Å². The van der Waals surface area contributed by atoms with Crippen LogP contribution in [0.25, 0.3) is 5.57 Å². The van der Waals surface area contributed by atoms with E-state index in [4.69, 9.17) is 9.47 Å². The second-order valence-corrected chi connectivity index (χ2v) is 4.48. The summed E-state index contributed by atoms with van der Waals surface area (Å²) >= 11 is 0. The summed E-state index contributed by atoms with van der Waals surface area (Å²) in [7, 11) is 1.67. The summed E-state index contributed by atoms with van der Waals surface area (Å²) in [6.07, 6.45) is 0. The Morgan fingerprint density at radius 1 is 1.25 bits per heavy atom. The number of rotatable bonds is 2. The van der Waals surface area contributed by atoms with E-state index in [0.29, 0.717) is 6.61 Å². The van der Waals surface area contributed by atoms with Gasteiger partial charge in [0.2, 0.25) is 0 Å². The summed E-state index contributed by atoms with van der Waals surface area (Å²) < 4.78 is 10.8. The van der Waals surface area contributed by atoms with Crippen LogP contribution in [0.15, 0.2) is 29.8 Å². The summed E-state index contributed by atoms with van der Waals surface area (Å²) in [5, 5.41) is 0. The lowest BCUT2D eigenvalue weighted by Crippen LogP contribution is -2.20. The Morgan fingerprint density at radius 3 is 2.31 bits per heavy atom. The zero-order chi connectivity index (χ0) is 11.8. The molecule has 0 saturated carbocycles. The normalized spacial score (nSPS) is 19.0. The maximum Gasteiger partial charge on any atom is 0.118 e. The standard InChI is InChI=1S/C14H17O2/c1-10-13(9-16-14(10,2)3)11-5-7-12(15-4)8-6-11/h5-8H,1,9H2,2-4H3. The van der Waals surface area contributed by atoms with Crippen molar-refractivity contribution in [1.29, 1.82) is 0 Å². The third kappa shape index (κ3) is 1.85. The molecule has 0 saturated heterocycles. The molecule has 0 aromatic heterocycles. The molecule has 1 aliphatic heterocycles. The second-order valence-electron chi connectivity index (χ2n) is 4.48. The molecule has 1 aromatic rings. The van der Waals surface area contributed by atoms with Crippen LogP contribution < -0.4 is 4.74 Å². The van der Waals surface area contributed by atoms with Gasteiger partial charge < -0.3 is 9.47 Å². The van der Waals surface area contributed by atoms with E-state index in [9.17, 15) is 0 Å². The minimum absolute atomic E-state index is 0.241. The van der Waals surface area contributed by atoms with Gasteiger partial charge in [-0.1, -0.05) is 12.1 Å². The third-order valence-electron chi connectivity index (χ3n) is 3.11. The largest absolute Gasteiger partial charge is 0.497 e. The lowest BCUT2D eigenvalue weighted by molar-refractivity contribution is 0.0533. The van der Waals surface area contributed by atoms with Gasteiger partial charge in [0.25, 0.3) is 0 Å². The fourth-order valence-electron chi connectivity index (χ4n) is 1.84. The molecule has 1 aromatic carbocycles. The van der Waals surface area contributed by atoms with E-state index in [2.05, 4.69) is 6.92 Å². The van der Waals surface area contributed by atoms with E-state index in [0.717, 1.165) is 16.9 Å². The Hall–Kier alpha value is -1.28. The Morgan fingerprint density at radius 2 is 1.88 bits per heavy atom. The molecule has 0 N–H and O–H groups in total. The predicted molar refractivity (Wildman–Crippen MR) is 65.3 cm³/mol. The van der Waals surface area contributed by atoms with Gasteiger partial charge in [-0.2, -0.15) is 0 Å². The molecule has 2 rings (SSSR count). The monoisotopic (exact) mass is 217 g/mol. The molecule has 0 aliphatic carbocycles. The van der Waals surface area contributed by atoms with Crippen molar-refractivity contribution in [3.8, 4) is 5.75 Å². The number of hydrogen-bond acceptors (Lipinski definition) is 2. The van der Waals surface area contributed by atoms with E-state index in [1.165, 1.54) is 5.57 Å². The number of hydrogen-bond donors (Lipinski definition) is 0. The highest BCUT2D eigenvalue weighted by atomic mass is 16.5. The fraction of sp³-hybridized carbons (Fsp3) is 0.357. The molecule has 0 atom stereocenters. The van der Waals surface area contributed by atoms with Crippen LogP contribution in [0.4, 0.5) is 0 Å². The van der Waals surface area contributed by atoms with Gasteiger partial charge in [0.05, 0.1) is 19.3 Å². The molecule has 0 spiro atoms. The molecule has 2 nitrogen and oxygen atoms in total. The predicted octanol–water partition coefficient (Wildman–Crippen LogP) is 3.09. The van der Waals surface area contributed by atoms with Crippen molar-refractivity contribution in [2.24, 2.45) is 0 Å². The third-order valence-corrected chi connectivity index (χ3v) is 3.11. The van der Waals surface area contributed by atoms with Crippen LogP contribution in [0.1, 0.15) is 19.4 Å². The molecular weight excluding hydrogens is 200 g/mol. The lowest BCUT2D eigenvalue weighted by atomic mass is 9.94. The first kappa shape index (κ1) is 11.2. The highest BCUT2D eigenvalue weighted by molar-refractivity contribution is 5.74. The molecule has 0 unspecified atom stereocenters. The minimum atomic E-state index is -0.241. The van der Waals surface area contributed by atoms with Crippen molar-refractivity contribution in [1.82, 2.24) is 0 Å². The van der Waals surface area contributed by atoms with Gasteiger partial charge in [-0.3, -0.25) is 0 Å². The average molecular weight is 217 g/mol. The topological polar surface area (TPSA) is 18.5 Å². The molecule has 0 bridgehead atoms. The van der Waals surface area contributed by atoms with Crippen LogP contribution >= 0.6 is 0 Å². The first-order valence-corrected chi connectivity index (χ1v) is 5.38. The molecule has 2 heteroatoms. The van der Waals surface area contributed by atoms with Crippen LogP contribution in [0, 0.1) is 6.92 Å². The van der Waals surface area contributed by atoms with Crippen molar-refractivity contribution < 1.29 is 9.47 Å². The summed E-state index contributed by atoms with van der Waals surface area (Å²) in [5.74, 6) is 0.869. The quantitative estimate of drug-likeness (QED) is 0.758. The molecule has 1 radical (unpaired) electrons. The average Bonchev–Trinajstić information content (AvgIpc) is 2.55.